The van der Waals surface area contributed by atoms with E-state index in [4.69, 9.17) is 11.5 Å². The summed E-state index contributed by atoms with van der Waals surface area (Å²) in [6.07, 6.45) is 5.10. The molecule has 0 aromatic rings. The van der Waals surface area contributed by atoms with Crippen LogP contribution in [-0.4, -0.2) is 53.1 Å². The van der Waals surface area contributed by atoms with Gasteiger partial charge in [-0.25, -0.2) is 4.79 Å². The third kappa shape index (κ3) is 4.69. The SMILES string of the molecule is C#CCN(CC)C(=O)N(CC)CCC(=O)O. The monoisotopic (exact) mass is 226 g/mol. The number of carboxylic acids is 1. The lowest BCUT2D eigenvalue weighted by molar-refractivity contribution is -0.137. The quantitative estimate of drug-likeness (QED) is 0.683. The Labute approximate surface area is 96.0 Å². The lowest BCUT2D eigenvalue weighted by Crippen LogP contribution is -2.44. The Morgan fingerprint density at radius 3 is 2.19 bits per heavy atom. The summed E-state index contributed by atoms with van der Waals surface area (Å²) >= 11 is 0. The maximum absolute atomic E-state index is 11.9. The Kier molecular flexibility index (Phi) is 6.77. The van der Waals surface area contributed by atoms with Crippen molar-refractivity contribution in [2.75, 3.05) is 26.2 Å². The first-order valence-corrected chi connectivity index (χ1v) is 5.25. The fraction of sp³-hybridized carbons (Fsp3) is 0.636. The van der Waals surface area contributed by atoms with Crippen LogP contribution in [0.25, 0.3) is 0 Å². The van der Waals surface area contributed by atoms with Gasteiger partial charge in [0, 0.05) is 19.6 Å². The van der Waals surface area contributed by atoms with Crippen LogP contribution in [0.3, 0.4) is 0 Å². The summed E-state index contributed by atoms with van der Waals surface area (Å²) in [6.45, 7) is 5.11. The Hall–Kier alpha value is -1.70. The van der Waals surface area contributed by atoms with E-state index in [1.807, 2.05) is 13.8 Å². The number of hydrogen-bond acceptors (Lipinski definition) is 2. The number of nitrogens with zero attached hydrogens (tertiary/aromatic N) is 2. The zero-order valence-electron chi connectivity index (χ0n) is 9.77. The van der Waals surface area contributed by atoms with Crippen molar-refractivity contribution in [2.24, 2.45) is 0 Å². The lowest BCUT2D eigenvalue weighted by Gasteiger charge is -2.27. The molecule has 0 rings (SSSR count). The van der Waals surface area contributed by atoms with Gasteiger partial charge in [0.1, 0.15) is 0 Å². The zero-order valence-corrected chi connectivity index (χ0v) is 9.77. The molecule has 0 fully saturated rings. The van der Waals surface area contributed by atoms with E-state index < -0.39 is 5.97 Å². The van der Waals surface area contributed by atoms with E-state index in [9.17, 15) is 9.59 Å². The minimum atomic E-state index is -0.911. The van der Waals surface area contributed by atoms with Gasteiger partial charge in [0.2, 0.25) is 0 Å². The molecule has 0 spiro atoms. The Morgan fingerprint density at radius 2 is 1.81 bits per heavy atom. The van der Waals surface area contributed by atoms with Crippen LogP contribution in [0.2, 0.25) is 0 Å². The van der Waals surface area contributed by atoms with E-state index in [1.165, 1.54) is 9.80 Å². The van der Waals surface area contributed by atoms with Gasteiger partial charge in [-0.2, -0.15) is 0 Å². The first-order chi connectivity index (χ1) is 7.56. The second-order valence-corrected chi connectivity index (χ2v) is 3.22. The van der Waals surface area contributed by atoms with E-state index in [2.05, 4.69) is 5.92 Å². The maximum Gasteiger partial charge on any atom is 0.320 e. The molecule has 0 aliphatic carbocycles. The van der Waals surface area contributed by atoms with E-state index in [0.717, 1.165) is 0 Å². The molecule has 0 aromatic heterocycles. The van der Waals surface area contributed by atoms with Crippen LogP contribution in [0.15, 0.2) is 0 Å². The standard InChI is InChI=1S/C11H18N2O3/c1-4-8-12(5-2)11(16)13(6-3)9-7-10(14)15/h1H,5-9H2,2-3H3,(H,14,15). The second kappa shape index (κ2) is 7.57. The summed E-state index contributed by atoms with van der Waals surface area (Å²) in [7, 11) is 0. The predicted octanol–water partition coefficient (Wildman–Crippen LogP) is 0.858. The van der Waals surface area contributed by atoms with Crippen molar-refractivity contribution in [2.45, 2.75) is 20.3 Å². The fourth-order valence-electron chi connectivity index (χ4n) is 1.24. The van der Waals surface area contributed by atoms with Crippen LogP contribution in [0.4, 0.5) is 4.79 Å². The van der Waals surface area contributed by atoms with Crippen LogP contribution < -0.4 is 0 Å². The first-order valence-electron chi connectivity index (χ1n) is 5.25. The minimum absolute atomic E-state index is 0.0484. The van der Waals surface area contributed by atoms with Gasteiger partial charge >= 0.3 is 12.0 Å². The molecule has 0 saturated carbocycles. The van der Waals surface area contributed by atoms with Gasteiger partial charge in [-0.15, -0.1) is 6.42 Å². The molecule has 0 aliphatic rings. The largest absolute Gasteiger partial charge is 0.481 e. The van der Waals surface area contributed by atoms with Crippen LogP contribution >= 0.6 is 0 Å². The number of rotatable bonds is 6. The summed E-state index contributed by atoms with van der Waals surface area (Å²) < 4.78 is 0. The number of aliphatic carboxylic acids is 1. The van der Waals surface area contributed by atoms with Crippen molar-refractivity contribution < 1.29 is 14.7 Å². The van der Waals surface area contributed by atoms with Crippen LogP contribution in [0.5, 0.6) is 0 Å². The maximum atomic E-state index is 11.9. The Morgan fingerprint density at radius 1 is 1.25 bits per heavy atom. The molecule has 2 amide bonds. The molecule has 0 atom stereocenters. The molecule has 0 bridgehead atoms. The van der Waals surface area contributed by atoms with Gasteiger partial charge in [-0.3, -0.25) is 4.79 Å². The topological polar surface area (TPSA) is 60.9 Å². The zero-order chi connectivity index (χ0) is 12.6. The highest BCUT2D eigenvalue weighted by molar-refractivity contribution is 5.75. The predicted molar refractivity (Wildman–Crippen MR) is 61.0 cm³/mol. The molecular formula is C11H18N2O3. The van der Waals surface area contributed by atoms with Crippen molar-refractivity contribution in [3.05, 3.63) is 0 Å². The number of carboxylic acid groups (broad SMARTS) is 1. The molecule has 0 heterocycles. The van der Waals surface area contributed by atoms with Gasteiger partial charge in [-0.1, -0.05) is 5.92 Å². The Balaban J connectivity index is 4.38. The average Bonchev–Trinajstić information content (AvgIpc) is 2.26. The highest BCUT2D eigenvalue weighted by Crippen LogP contribution is 2.00. The normalized spacial score (nSPS) is 9.31. The van der Waals surface area contributed by atoms with Gasteiger partial charge in [0.15, 0.2) is 0 Å². The number of urea groups is 1. The van der Waals surface area contributed by atoms with Gasteiger partial charge < -0.3 is 14.9 Å². The molecule has 0 saturated heterocycles. The first kappa shape index (κ1) is 14.3. The molecule has 0 aliphatic heterocycles. The molecule has 90 valence electrons. The number of carbonyl (C=O) groups is 2. The molecule has 0 radical (unpaired) electrons. The van der Waals surface area contributed by atoms with E-state index >= 15 is 0 Å². The van der Waals surface area contributed by atoms with Crippen LogP contribution in [-0.2, 0) is 4.79 Å². The molecule has 1 N–H and O–H groups in total. The van der Waals surface area contributed by atoms with Crippen molar-refractivity contribution in [3.8, 4) is 12.3 Å². The summed E-state index contributed by atoms with van der Waals surface area (Å²) in [5.41, 5.74) is 0. The lowest BCUT2D eigenvalue weighted by atomic mass is 10.4. The molecule has 0 unspecified atom stereocenters. The number of carbonyl (C=O) groups excluding carboxylic acids is 1. The molecular weight excluding hydrogens is 208 g/mol. The molecule has 5 heteroatoms. The smallest absolute Gasteiger partial charge is 0.320 e. The fourth-order valence-corrected chi connectivity index (χ4v) is 1.24. The molecule has 0 aromatic carbocycles. The van der Waals surface area contributed by atoms with Gasteiger partial charge in [-0.05, 0) is 13.8 Å². The molecule has 16 heavy (non-hydrogen) atoms. The van der Waals surface area contributed by atoms with Crippen molar-refractivity contribution in [1.29, 1.82) is 0 Å². The summed E-state index contributed by atoms with van der Waals surface area (Å²) in [5, 5.41) is 8.55. The number of amides is 2. The average molecular weight is 226 g/mol. The van der Waals surface area contributed by atoms with E-state index in [-0.39, 0.29) is 25.5 Å². The van der Waals surface area contributed by atoms with Gasteiger partial charge in [0.05, 0.1) is 13.0 Å². The summed E-state index contributed by atoms with van der Waals surface area (Å²) in [4.78, 5) is 25.3. The van der Waals surface area contributed by atoms with Crippen LogP contribution in [0.1, 0.15) is 20.3 Å². The highest BCUT2D eigenvalue weighted by Gasteiger charge is 2.17. The van der Waals surface area contributed by atoms with Crippen molar-refractivity contribution in [3.63, 3.8) is 0 Å². The minimum Gasteiger partial charge on any atom is -0.481 e. The summed E-state index contributed by atoms with van der Waals surface area (Å²) in [6, 6.07) is -0.204. The van der Waals surface area contributed by atoms with E-state index in [1.54, 1.807) is 0 Å². The van der Waals surface area contributed by atoms with Crippen molar-refractivity contribution in [1.82, 2.24) is 9.80 Å². The third-order valence-electron chi connectivity index (χ3n) is 2.18. The third-order valence-corrected chi connectivity index (χ3v) is 2.18. The van der Waals surface area contributed by atoms with Gasteiger partial charge in [0.25, 0.3) is 0 Å². The molecule has 5 nitrogen and oxygen atoms in total. The van der Waals surface area contributed by atoms with Crippen molar-refractivity contribution >= 4 is 12.0 Å². The number of terminal acetylenes is 1. The Bertz CT molecular complexity index is 283. The van der Waals surface area contributed by atoms with Crippen LogP contribution in [0, 0.1) is 12.3 Å². The van der Waals surface area contributed by atoms with E-state index in [0.29, 0.717) is 13.1 Å². The number of hydrogen-bond donors (Lipinski definition) is 1. The highest BCUT2D eigenvalue weighted by atomic mass is 16.4. The second-order valence-electron chi connectivity index (χ2n) is 3.22. The summed E-state index contributed by atoms with van der Waals surface area (Å²) in [5.74, 6) is 1.49.